The zero-order valence-electron chi connectivity index (χ0n) is 6.85. The minimum Gasteiger partial charge on any atom is -0.357 e. The average Bonchev–Trinajstić information content (AvgIpc) is 1.82. The van der Waals surface area contributed by atoms with Crippen LogP contribution in [0, 0.1) is 0 Å². The van der Waals surface area contributed by atoms with Crippen molar-refractivity contribution in [3.63, 3.8) is 0 Å². The van der Waals surface area contributed by atoms with E-state index in [1.165, 1.54) is 0 Å². The van der Waals surface area contributed by atoms with Crippen LogP contribution in [0.5, 0.6) is 0 Å². The second-order valence-corrected chi connectivity index (χ2v) is 4.19. The van der Waals surface area contributed by atoms with Gasteiger partial charge in [0.25, 0.3) is 0 Å². The largest absolute Gasteiger partial charge is 0.357 e. The van der Waals surface area contributed by atoms with Gasteiger partial charge in [0, 0.05) is 8.15 Å². The highest BCUT2D eigenvalue weighted by Gasteiger charge is 2.04. The van der Waals surface area contributed by atoms with Gasteiger partial charge in [0.15, 0.2) is 0 Å². The summed E-state index contributed by atoms with van der Waals surface area (Å²) in [6, 6.07) is 0. The van der Waals surface area contributed by atoms with Crippen molar-refractivity contribution in [1.82, 2.24) is 0 Å². The van der Waals surface area contributed by atoms with Gasteiger partial charge in [-0.15, -0.1) is 0 Å². The van der Waals surface area contributed by atoms with Crippen molar-refractivity contribution in [2.45, 2.75) is 32.8 Å². The quantitative estimate of drug-likeness (QED) is 0.557. The molecule has 0 aromatic carbocycles. The number of hydrogen-bond donors (Lipinski definition) is 0. The second-order valence-electron chi connectivity index (χ2n) is 2.36. The van der Waals surface area contributed by atoms with Crippen LogP contribution in [0.1, 0.15) is 26.7 Å². The molecule has 0 N–H and O–H groups in total. The van der Waals surface area contributed by atoms with E-state index < -0.39 is 0 Å². The lowest BCUT2D eigenvalue weighted by atomic mass is 10.2. The van der Waals surface area contributed by atoms with E-state index in [1.807, 2.05) is 0 Å². The van der Waals surface area contributed by atoms with Crippen molar-refractivity contribution in [1.29, 1.82) is 0 Å². The van der Waals surface area contributed by atoms with Crippen molar-refractivity contribution in [2.75, 3.05) is 13.3 Å². The molecule has 0 bridgehead atoms. The fourth-order valence-corrected chi connectivity index (χ4v) is 1.63. The van der Waals surface area contributed by atoms with E-state index in [1.54, 1.807) is 0 Å². The zero-order valence-corrected chi connectivity index (χ0v) is 7.74. The predicted octanol–water partition coefficient (Wildman–Crippen LogP) is 2.85. The van der Waals surface area contributed by atoms with E-state index in [-0.39, 0.29) is 8.15 Å². The van der Waals surface area contributed by atoms with Gasteiger partial charge in [0.2, 0.25) is 0 Å². The molecule has 0 rings (SSSR count). The van der Waals surface area contributed by atoms with Crippen LogP contribution in [0.25, 0.3) is 0 Å². The van der Waals surface area contributed by atoms with Gasteiger partial charge in [-0.3, -0.25) is 0 Å². The molecule has 0 amide bonds. The van der Waals surface area contributed by atoms with E-state index in [0.29, 0.717) is 6.10 Å². The Hall–Kier alpha value is 0.390. The Bertz CT molecular complexity index is 59.9. The van der Waals surface area contributed by atoms with Crippen LogP contribution in [0.3, 0.4) is 0 Å². The Labute approximate surface area is 59.6 Å². The lowest BCUT2D eigenvalue weighted by Gasteiger charge is -2.16. The first kappa shape index (κ1) is 9.39. The molecule has 0 aromatic heterocycles. The summed E-state index contributed by atoms with van der Waals surface area (Å²) < 4.78 is 5.61. The molecule has 0 saturated carbocycles. The molecule has 0 aromatic rings. The zero-order chi connectivity index (χ0) is 7.28. The van der Waals surface area contributed by atoms with E-state index in [9.17, 15) is 0 Å². The molecule has 0 aliphatic heterocycles. The molecular formula is C7H17OP. The first-order chi connectivity index (χ1) is 4.20. The number of rotatable bonds is 4. The molecule has 0 aliphatic carbocycles. The van der Waals surface area contributed by atoms with Gasteiger partial charge < -0.3 is 4.52 Å². The summed E-state index contributed by atoms with van der Waals surface area (Å²) in [5.41, 5.74) is 0. The molecule has 0 atom stereocenters. The third-order valence-corrected chi connectivity index (χ3v) is 1.99. The summed E-state index contributed by atoms with van der Waals surface area (Å²) in [6.07, 6.45) is 2.81. The standard InChI is InChI=1S/C7H17OP/c1-5-7(6-2)8-9(3)4/h7H,5-6H2,1-4H3. The second kappa shape index (κ2) is 5.20. The van der Waals surface area contributed by atoms with Gasteiger partial charge in [-0.1, -0.05) is 13.8 Å². The van der Waals surface area contributed by atoms with Crippen molar-refractivity contribution in [2.24, 2.45) is 0 Å². The first-order valence-electron chi connectivity index (χ1n) is 3.54. The lowest BCUT2D eigenvalue weighted by Crippen LogP contribution is -2.05. The van der Waals surface area contributed by atoms with Crippen molar-refractivity contribution >= 4 is 8.15 Å². The molecule has 56 valence electrons. The van der Waals surface area contributed by atoms with E-state index in [0.717, 1.165) is 12.8 Å². The maximum atomic E-state index is 5.61. The topological polar surface area (TPSA) is 9.23 Å². The Morgan fingerprint density at radius 1 is 1.22 bits per heavy atom. The van der Waals surface area contributed by atoms with Crippen LogP contribution in [0.4, 0.5) is 0 Å². The maximum Gasteiger partial charge on any atom is 0.0612 e. The van der Waals surface area contributed by atoms with Crippen molar-refractivity contribution in [3.8, 4) is 0 Å². The highest BCUT2D eigenvalue weighted by molar-refractivity contribution is 7.50. The monoisotopic (exact) mass is 148 g/mol. The minimum atomic E-state index is -0.151. The normalized spacial score (nSPS) is 11.3. The van der Waals surface area contributed by atoms with Crippen molar-refractivity contribution in [3.05, 3.63) is 0 Å². The van der Waals surface area contributed by atoms with Crippen LogP contribution in [0.2, 0.25) is 0 Å². The molecule has 0 fully saturated rings. The van der Waals surface area contributed by atoms with Crippen molar-refractivity contribution < 1.29 is 4.52 Å². The summed E-state index contributed by atoms with van der Waals surface area (Å²) >= 11 is 0. The third-order valence-electron chi connectivity index (χ3n) is 1.27. The fraction of sp³-hybridized carbons (Fsp3) is 1.00. The highest BCUT2D eigenvalue weighted by atomic mass is 31.1. The molecule has 9 heavy (non-hydrogen) atoms. The Morgan fingerprint density at radius 2 is 1.67 bits per heavy atom. The van der Waals surface area contributed by atoms with Gasteiger partial charge in [-0.05, 0) is 26.2 Å². The van der Waals surface area contributed by atoms with E-state index in [2.05, 4.69) is 27.2 Å². The van der Waals surface area contributed by atoms with Gasteiger partial charge in [0.1, 0.15) is 0 Å². The molecule has 1 nitrogen and oxygen atoms in total. The molecular weight excluding hydrogens is 131 g/mol. The summed E-state index contributed by atoms with van der Waals surface area (Å²) in [6.45, 7) is 8.64. The van der Waals surface area contributed by atoms with Gasteiger partial charge >= 0.3 is 0 Å². The fourth-order valence-electron chi connectivity index (χ4n) is 0.736. The molecule has 0 saturated heterocycles. The third kappa shape index (κ3) is 4.87. The van der Waals surface area contributed by atoms with Crippen LogP contribution in [-0.4, -0.2) is 19.4 Å². The molecule has 0 aliphatic rings. The van der Waals surface area contributed by atoms with E-state index >= 15 is 0 Å². The van der Waals surface area contributed by atoms with Crippen LogP contribution < -0.4 is 0 Å². The molecule has 0 heterocycles. The minimum absolute atomic E-state index is 0.151. The SMILES string of the molecule is CCC(CC)OP(C)C. The molecule has 2 heteroatoms. The van der Waals surface area contributed by atoms with E-state index in [4.69, 9.17) is 4.52 Å². The Kier molecular flexibility index (Phi) is 5.42. The summed E-state index contributed by atoms with van der Waals surface area (Å²) in [7, 11) is -0.151. The van der Waals surface area contributed by atoms with Crippen LogP contribution in [0.15, 0.2) is 0 Å². The lowest BCUT2D eigenvalue weighted by molar-refractivity contribution is 0.218. The van der Waals surface area contributed by atoms with Gasteiger partial charge in [-0.25, -0.2) is 0 Å². The molecule has 0 unspecified atom stereocenters. The van der Waals surface area contributed by atoms with Gasteiger partial charge in [-0.2, -0.15) is 0 Å². The summed E-state index contributed by atoms with van der Waals surface area (Å²) in [5, 5.41) is 0. The molecule has 0 radical (unpaired) electrons. The Morgan fingerprint density at radius 3 is 1.78 bits per heavy atom. The Balaban J connectivity index is 3.31. The maximum absolute atomic E-state index is 5.61. The highest BCUT2D eigenvalue weighted by Crippen LogP contribution is 2.29. The summed E-state index contributed by atoms with van der Waals surface area (Å²) in [4.78, 5) is 0. The first-order valence-corrected chi connectivity index (χ1v) is 5.70. The van der Waals surface area contributed by atoms with Crippen LogP contribution >= 0.6 is 8.15 Å². The average molecular weight is 148 g/mol. The smallest absolute Gasteiger partial charge is 0.0612 e. The predicted molar refractivity (Wildman–Crippen MR) is 44.2 cm³/mol. The summed E-state index contributed by atoms with van der Waals surface area (Å²) in [5.74, 6) is 0. The van der Waals surface area contributed by atoms with Crippen LogP contribution in [-0.2, 0) is 4.52 Å². The molecule has 0 spiro atoms. The number of hydrogen-bond acceptors (Lipinski definition) is 1. The van der Waals surface area contributed by atoms with Gasteiger partial charge in [0.05, 0.1) is 6.10 Å².